The minimum atomic E-state index is -0.855. The first-order chi connectivity index (χ1) is 8.81. The maximum Gasteiger partial charge on any atom is 0.323 e. The van der Waals surface area contributed by atoms with Crippen LogP contribution < -0.4 is 5.32 Å². The standard InChI is InChI=1S/C15H31NO3/c1-6-8-13(4)11-19-10-7-9-15(5,14(17)18)16-12(2)3/h12-13,16H,6-11H2,1-5H3,(H,17,18). The molecule has 0 radical (unpaired) electrons. The molecule has 2 N–H and O–H groups in total. The average Bonchev–Trinajstić information content (AvgIpc) is 2.27. The predicted octanol–water partition coefficient (Wildman–Crippen LogP) is 3.06. The van der Waals surface area contributed by atoms with Crippen LogP contribution in [-0.2, 0) is 9.53 Å². The van der Waals surface area contributed by atoms with E-state index in [-0.39, 0.29) is 6.04 Å². The molecule has 0 amide bonds. The quantitative estimate of drug-likeness (QED) is 0.568. The highest BCUT2D eigenvalue weighted by atomic mass is 16.5. The molecule has 0 aromatic heterocycles. The smallest absolute Gasteiger partial charge is 0.323 e. The lowest BCUT2D eigenvalue weighted by molar-refractivity contribution is -0.145. The number of nitrogens with one attached hydrogen (secondary N) is 1. The fraction of sp³-hybridized carbons (Fsp3) is 0.933. The lowest BCUT2D eigenvalue weighted by Gasteiger charge is -2.28. The molecule has 4 nitrogen and oxygen atoms in total. The summed E-state index contributed by atoms with van der Waals surface area (Å²) in [6.07, 6.45) is 3.71. The second-order valence-corrected chi connectivity index (χ2v) is 6.01. The van der Waals surface area contributed by atoms with Crippen LogP contribution in [0.1, 0.15) is 60.3 Å². The second-order valence-electron chi connectivity index (χ2n) is 6.01. The summed E-state index contributed by atoms with van der Waals surface area (Å²) in [5.74, 6) is -0.204. The molecular weight excluding hydrogens is 242 g/mol. The van der Waals surface area contributed by atoms with Gasteiger partial charge in [-0.05, 0) is 46.0 Å². The van der Waals surface area contributed by atoms with Gasteiger partial charge in [-0.3, -0.25) is 10.1 Å². The number of carboxylic acids is 1. The Labute approximate surface area is 117 Å². The minimum absolute atomic E-state index is 0.159. The summed E-state index contributed by atoms with van der Waals surface area (Å²) in [5.41, 5.74) is -0.855. The van der Waals surface area contributed by atoms with Crippen molar-refractivity contribution in [2.24, 2.45) is 5.92 Å². The van der Waals surface area contributed by atoms with Gasteiger partial charge in [0.25, 0.3) is 0 Å². The summed E-state index contributed by atoms with van der Waals surface area (Å²) in [6.45, 7) is 11.4. The highest BCUT2D eigenvalue weighted by Gasteiger charge is 2.32. The van der Waals surface area contributed by atoms with Crippen LogP contribution in [0.15, 0.2) is 0 Å². The van der Waals surface area contributed by atoms with Crippen molar-refractivity contribution < 1.29 is 14.6 Å². The molecule has 0 aliphatic heterocycles. The fourth-order valence-electron chi connectivity index (χ4n) is 2.27. The van der Waals surface area contributed by atoms with Crippen LogP contribution >= 0.6 is 0 Å². The number of aliphatic carboxylic acids is 1. The molecule has 0 heterocycles. The number of ether oxygens (including phenoxy) is 1. The summed E-state index contributed by atoms with van der Waals surface area (Å²) in [5, 5.41) is 12.4. The van der Waals surface area contributed by atoms with Crippen molar-refractivity contribution >= 4 is 5.97 Å². The lowest BCUT2D eigenvalue weighted by atomic mass is 9.95. The molecule has 2 unspecified atom stereocenters. The van der Waals surface area contributed by atoms with E-state index in [1.54, 1.807) is 6.92 Å². The average molecular weight is 273 g/mol. The van der Waals surface area contributed by atoms with Gasteiger partial charge in [0.2, 0.25) is 0 Å². The highest BCUT2D eigenvalue weighted by Crippen LogP contribution is 2.14. The molecule has 0 aromatic carbocycles. The molecule has 0 saturated heterocycles. The maximum atomic E-state index is 11.3. The van der Waals surface area contributed by atoms with Crippen molar-refractivity contribution in [2.45, 2.75) is 71.9 Å². The van der Waals surface area contributed by atoms with Crippen molar-refractivity contribution in [1.29, 1.82) is 0 Å². The number of hydrogen-bond donors (Lipinski definition) is 2. The van der Waals surface area contributed by atoms with Gasteiger partial charge < -0.3 is 9.84 Å². The molecule has 0 bridgehead atoms. The topological polar surface area (TPSA) is 58.6 Å². The van der Waals surface area contributed by atoms with E-state index in [2.05, 4.69) is 19.2 Å². The lowest BCUT2D eigenvalue weighted by Crippen LogP contribution is -2.52. The third kappa shape index (κ3) is 8.22. The first-order valence-corrected chi connectivity index (χ1v) is 7.40. The van der Waals surface area contributed by atoms with Gasteiger partial charge in [0, 0.05) is 19.3 Å². The summed E-state index contributed by atoms with van der Waals surface area (Å²) >= 11 is 0. The molecule has 4 heteroatoms. The van der Waals surface area contributed by atoms with Crippen molar-refractivity contribution in [3.63, 3.8) is 0 Å². The zero-order chi connectivity index (χ0) is 14.9. The van der Waals surface area contributed by atoms with Crippen molar-refractivity contribution in [3.8, 4) is 0 Å². The summed E-state index contributed by atoms with van der Waals surface area (Å²) < 4.78 is 5.61. The molecule has 2 atom stereocenters. The molecule has 19 heavy (non-hydrogen) atoms. The first kappa shape index (κ1) is 18.4. The fourth-order valence-corrected chi connectivity index (χ4v) is 2.27. The summed E-state index contributed by atoms with van der Waals surface area (Å²) in [7, 11) is 0. The van der Waals surface area contributed by atoms with Crippen LogP contribution in [0.4, 0.5) is 0 Å². The Morgan fingerprint density at radius 1 is 1.37 bits per heavy atom. The SMILES string of the molecule is CCCC(C)COCCCC(C)(NC(C)C)C(=O)O. The van der Waals surface area contributed by atoms with Crippen molar-refractivity contribution in [1.82, 2.24) is 5.32 Å². The van der Waals surface area contributed by atoms with Crippen LogP contribution in [0, 0.1) is 5.92 Å². The van der Waals surface area contributed by atoms with Gasteiger partial charge >= 0.3 is 5.97 Å². The Balaban J connectivity index is 3.91. The monoisotopic (exact) mass is 273 g/mol. The molecule has 0 spiro atoms. The predicted molar refractivity (Wildman–Crippen MR) is 78.4 cm³/mol. The van der Waals surface area contributed by atoms with Crippen molar-refractivity contribution in [2.75, 3.05) is 13.2 Å². The zero-order valence-corrected chi connectivity index (χ0v) is 13.2. The number of carbonyl (C=O) groups is 1. The normalized spacial score (nSPS) is 16.3. The Hall–Kier alpha value is -0.610. The van der Waals surface area contributed by atoms with E-state index < -0.39 is 11.5 Å². The van der Waals surface area contributed by atoms with Gasteiger partial charge in [0.05, 0.1) is 0 Å². The Bertz CT molecular complexity index is 256. The maximum absolute atomic E-state index is 11.3. The molecule has 0 aliphatic carbocycles. The van der Waals surface area contributed by atoms with Crippen LogP contribution in [0.5, 0.6) is 0 Å². The van der Waals surface area contributed by atoms with Gasteiger partial charge in [-0.2, -0.15) is 0 Å². The Morgan fingerprint density at radius 2 is 2.00 bits per heavy atom. The third-order valence-electron chi connectivity index (χ3n) is 3.23. The molecule has 0 rings (SSSR count). The molecule has 0 aromatic rings. The van der Waals surface area contributed by atoms with Crippen LogP contribution in [0.3, 0.4) is 0 Å². The highest BCUT2D eigenvalue weighted by molar-refractivity contribution is 5.78. The van der Waals surface area contributed by atoms with Crippen LogP contribution in [0.25, 0.3) is 0 Å². The second kappa shape index (κ2) is 9.32. The summed E-state index contributed by atoms with van der Waals surface area (Å²) in [4.78, 5) is 11.3. The van der Waals surface area contributed by atoms with Gasteiger partial charge in [0.15, 0.2) is 0 Å². The van der Waals surface area contributed by atoms with Gasteiger partial charge in [-0.15, -0.1) is 0 Å². The van der Waals surface area contributed by atoms with E-state index in [0.29, 0.717) is 18.9 Å². The minimum Gasteiger partial charge on any atom is -0.480 e. The number of carboxylic acid groups (broad SMARTS) is 1. The zero-order valence-electron chi connectivity index (χ0n) is 13.2. The third-order valence-corrected chi connectivity index (χ3v) is 3.23. The van der Waals surface area contributed by atoms with Gasteiger partial charge in [0.1, 0.15) is 5.54 Å². The van der Waals surface area contributed by atoms with Crippen LogP contribution in [-0.4, -0.2) is 35.9 Å². The number of rotatable bonds is 11. The molecule has 0 saturated carbocycles. The molecule has 0 fully saturated rings. The van der Waals surface area contributed by atoms with Crippen LogP contribution in [0.2, 0.25) is 0 Å². The Kier molecular flexibility index (Phi) is 9.02. The van der Waals surface area contributed by atoms with E-state index in [9.17, 15) is 9.90 Å². The van der Waals surface area contributed by atoms with E-state index in [1.165, 1.54) is 12.8 Å². The first-order valence-electron chi connectivity index (χ1n) is 7.40. The van der Waals surface area contributed by atoms with Gasteiger partial charge in [-0.25, -0.2) is 0 Å². The number of hydrogen-bond acceptors (Lipinski definition) is 3. The van der Waals surface area contributed by atoms with Gasteiger partial charge in [-0.1, -0.05) is 20.3 Å². The Morgan fingerprint density at radius 3 is 2.47 bits per heavy atom. The molecule has 0 aliphatic rings. The van der Waals surface area contributed by atoms with E-state index in [0.717, 1.165) is 13.0 Å². The molecule has 114 valence electrons. The van der Waals surface area contributed by atoms with Crippen molar-refractivity contribution in [3.05, 3.63) is 0 Å². The van der Waals surface area contributed by atoms with E-state index >= 15 is 0 Å². The van der Waals surface area contributed by atoms with E-state index in [4.69, 9.17) is 4.74 Å². The van der Waals surface area contributed by atoms with E-state index in [1.807, 2.05) is 13.8 Å². The molecular formula is C15H31NO3. The summed E-state index contributed by atoms with van der Waals surface area (Å²) in [6, 6.07) is 0.159. The largest absolute Gasteiger partial charge is 0.480 e.